The summed E-state index contributed by atoms with van der Waals surface area (Å²) < 4.78 is 0. The summed E-state index contributed by atoms with van der Waals surface area (Å²) in [6.07, 6.45) is 0. The monoisotopic (exact) mass is 354 g/mol. The van der Waals surface area contributed by atoms with E-state index in [4.69, 9.17) is 0 Å². The average molecular weight is 355 g/mol. The topological polar surface area (TPSA) is 84.7 Å². The van der Waals surface area contributed by atoms with Crippen LogP contribution in [0.3, 0.4) is 0 Å². The Hall–Kier alpha value is -1.13. The molecule has 0 aromatic heterocycles. The van der Waals surface area contributed by atoms with Crippen LogP contribution in [0, 0.1) is 10.1 Å². The molecule has 1 atom stereocenters. The maximum atomic E-state index is 10.5. The largest absolute Gasteiger partial charge is 1.00 e. The normalized spacial score (nSPS) is 17.0. The third kappa shape index (κ3) is 2.93. The van der Waals surface area contributed by atoms with E-state index in [9.17, 15) is 10.1 Å². The summed E-state index contributed by atoms with van der Waals surface area (Å²) in [5.41, 5.74) is 0.643. The van der Waals surface area contributed by atoms with Gasteiger partial charge < -0.3 is 46.5 Å². The quantitative estimate of drug-likeness (QED) is 0.309. The highest BCUT2D eigenvalue weighted by Gasteiger charge is 2.37. The Morgan fingerprint density at radius 1 is 1.25 bits per heavy atom. The molecule has 0 saturated heterocycles. The van der Waals surface area contributed by atoms with Crippen molar-refractivity contribution in [2.75, 3.05) is 0 Å². The number of guanidine groups is 1. The van der Waals surface area contributed by atoms with Gasteiger partial charge in [0.05, 0.1) is 5.22 Å². The zero-order chi connectivity index (χ0) is 9.97. The molecular weight excluding hydrogens is 348 g/mol. The van der Waals surface area contributed by atoms with Crippen molar-refractivity contribution in [1.29, 1.82) is 0 Å². The Morgan fingerprint density at radius 2 is 1.88 bits per heavy atom. The molecule has 16 heavy (non-hydrogen) atoms. The molecule has 2 rings (SSSR count). The van der Waals surface area contributed by atoms with Crippen molar-refractivity contribution >= 4 is 11.6 Å². The molecule has 1 N–H and O–H groups in total. The highest BCUT2D eigenvalue weighted by molar-refractivity contribution is 5.64. The lowest BCUT2D eigenvalue weighted by Gasteiger charge is -2.00. The SMILES string of the molecule is O=[N+]([O-])C1=NN=N[NH+]1c1ccccc1.[Cl-].[I-]. The van der Waals surface area contributed by atoms with Crippen LogP contribution in [-0.2, 0) is 0 Å². The molecule has 86 valence electrons. The van der Waals surface area contributed by atoms with Crippen molar-refractivity contribution in [2.45, 2.75) is 0 Å². The van der Waals surface area contributed by atoms with Gasteiger partial charge in [-0.2, -0.15) is 0 Å². The summed E-state index contributed by atoms with van der Waals surface area (Å²) in [6.45, 7) is 0. The molecule has 0 fully saturated rings. The van der Waals surface area contributed by atoms with Gasteiger partial charge in [0.1, 0.15) is 5.22 Å². The van der Waals surface area contributed by atoms with Crippen molar-refractivity contribution in [3.8, 4) is 0 Å². The van der Waals surface area contributed by atoms with E-state index in [2.05, 4.69) is 15.5 Å². The lowest BCUT2D eigenvalue weighted by atomic mass is 10.3. The average Bonchev–Trinajstić information content (AvgIpc) is 2.67. The van der Waals surface area contributed by atoms with E-state index in [1.807, 2.05) is 6.07 Å². The standard InChI is InChI=1S/C7H5N5O2.ClH.HI/c13-12(14)7-8-9-10-11(7)6-4-2-1-3-5-6;;/h1-5H;2*1H/p-1. The van der Waals surface area contributed by atoms with Crippen LogP contribution < -0.4 is 41.4 Å². The van der Waals surface area contributed by atoms with Crippen LogP contribution in [0.5, 0.6) is 0 Å². The molecule has 0 aliphatic carbocycles. The smallest absolute Gasteiger partial charge is 0.596 e. The van der Waals surface area contributed by atoms with Crippen molar-refractivity contribution in [1.82, 2.24) is 0 Å². The van der Waals surface area contributed by atoms with Crippen molar-refractivity contribution in [2.24, 2.45) is 15.5 Å². The number of benzene rings is 1. The molecule has 7 nitrogen and oxygen atoms in total. The van der Waals surface area contributed by atoms with Gasteiger partial charge in [-0.1, -0.05) is 18.2 Å². The van der Waals surface area contributed by atoms with Gasteiger partial charge in [-0.3, -0.25) is 0 Å². The van der Waals surface area contributed by atoms with Crippen molar-refractivity contribution in [3.05, 3.63) is 40.4 Å². The Labute approximate surface area is 114 Å². The Morgan fingerprint density at radius 3 is 2.44 bits per heavy atom. The molecule has 1 unspecified atom stereocenters. The number of hydrogen-bond acceptors (Lipinski definition) is 5. The second-order valence-corrected chi connectivity index (χ2v) is 2.58. The summed E-state index contributed by atoms with van der Waals surface area (Å²) in [7, 11) is 0. The number of hydrogen-bond donors (Lipinski definition) is 1. The zero-order valence-electron chi connectivity index (χ0n) is 7.75. The number of para-hydroxylation sites is 1. The predicted octanol–water partition coefficient (Wildman–Crippen LogP) is -5.86. The fourth-order valence-electron chi connectivity index (χ4n) is 1.11. The molecule has 1 aromatic rings. The van der Waals surface area contributed by atoms with Gasteiger partial charge in [0.2, 0.25) is 0 Å². The van der Waals surface area contributed by atoms with Crippen LogP contribution in [0.25, 0.3) is 0 Å². The van der Waals surface area contributed by atoms with Crippen LogP contribution in [0.4, 0.5) is 5.69 Å². The number of rotatable bonds is 1. The van der Waals surface area contributed by atoms with E-state index in [0.29, 0.717) is 5.69 Å². The van der Waals surface area contributed by atoms with E-state index in [0.717, 1.165) is 0 Å². The maximum absolute atomic E-state index is 10.5. The van der Waals surface area contributed by atoms with Crippen molar-refractivity contribution in [3.63, 3.8) is 0 Å². The predicted molar refractivity (Wildman–Crippen MR) is 46.4 cm³/mol. The molecule has 0 amide bonds. The molecular formula is C7H6ClIN5O2-. The fraction of sp³-hybridized carbons (Fsp3) is 0. The first-order valence-corrected chi connectivity index (χ1v) is 3.85. The Bertz CT molecular complexity index is 424. The number of nitrogens with zero attached hydrogens (tertiary/aromatic N) is 4. The summed E-state index contributed by atoms with van der Waals surface area (Å²) in [6, 6.07) is 8.80. The molecule has 0 spiro atoms. The first-order valence-electron chi connectivity index (χ1n) is 3.85. The number of nitro groups is 1. The van der Waals surface area contributed by atoms with Gasteiger partial charge in [0.15, 0.2) is 10.8 Å². The van der Waals surface area contributed by atoms with Crippen LogP contribution in [0.2, 0.25) is 0 Å². The number of quaternary nitrogens is 1. The molecule has 1 aliphatic heterocycles. The van der Waals surface area contributed by atoms with E-state index < -0.39 is 4.92 Å². The van der Waals surface area contributed by atoms with Crippen LogP contribution in [0.15, 0.2) is 45.9 Å². The van der Waals surface area contributed by atoms with E-state index in [1.54, 1.807) is 24.3 Å². The first-order chi connectivity index (χ1) is 6.79. The maximum Gasteiger partial charge on any atom is 0.596 e. The summed E-state index contributed by atoms with van der Waals surface area (Å²) >= 11 is 0. The highest BCUT2D eigenvalue weighted by Crippen LogP contribution is 2.01. The van der Waals surface area contributed by atoms with Gasteiger partial charge in [0, 0.05) is 17.1 Å². The molecule has 0 bridgehead atoms. The molecule has 1 aliphatic rings. The van der Waals surface area contributed by atoms with Crippen LogP contribution in [-0.4, -0.2) is 10.9 Å². The second-order valence-electron chi connectivity index (χ2n) is 2.58. The summed E-state index contributed by atoms with van der Waals surface area (Å²) in [5.74, 6) is -0.309. The van der Waals surface area contributed by atoms with Gasteiger partial charge >= 0.3 is 5.96 Å². The minimum absolute atomic E-state index is 0. The summed E-state index contributed by atoms with van der Waals surface area (Å²) in [5, 5.41) is 20.9. The van der Waals surface area contributed by atoms with Crippen LogP contribution >= 0.6 is 0 Å². The Balaban J connectivity index is 0.00000112. The third-order valence-corrected chi connectivity index (χ3v) is 1.72. The van der Waals surface area contributed by atoms with Gasteiger partial charge in [-0.05, 0) is 5.01 Å². The molecule has 9 heteroatoms. The zero-order valence-corrected chi connectivity index (χ0v) is 10.7. The Kier molecular flexibility index (Phi) is 6.00. The summed E-state index contributed by atoms with van der Waals surface area (Å²) in [4.78, 5) is 9.92. The van der Waals surface area contributed by atoms with Gasteiger partial charge in [-0.15, -0.1) is 0 Å². The third-order valence-electron chi connectivity index (χ3n) is 1.72. The van der Waals surface area contributed by atoms with Crippen molar-refractivity contribution < 1.29 is 46.3 Å². The van der Waals surface area contributed by atoms with E-state index >= 15 is 0 Å². The minimum atomic E-state index is -0.595. The fourth-order valence-corrected chi connectivity index (χ4v) is 1.11. The van der Waals surface area contributed by atoms with E-state index in [-0.39, 0.29) is 47.4 Å². The van der Waals surface area contributed by atoms with E-state index in [1.165, 1.54) is 0 Å². The van der Waals surface area contributed by atoms with Gasteiger partial charge in [0.25, 0.3) is 0 Å². The molecule has 1 aromatic carbocycles. The molecule has 0 saturated carbocycles. The van der Waals surface area contributed by atoms with Gasteiger partial charge in [-0.25, -0.2) is 0 Å². The minimum Gasteiger partial charge on any atom is -1.00 e. The van der Waals surface area contributed by atoms with Crippen LogP contribution in [0.1, 0.15) is 0 Å². The number of halogens is 2. The first kappa shape index (κ1) is 14.9. The molecule has 1 heterocycles. The second kappa shape index (κ2) is 6.45. The number of nitrogens with one attached hydrogen (secondary N) is 1. The highest BCUT2D eigenvalue weighted by atomic mass is 127. The molecule has 0 radical (unpaired) electrons. The lowest BCUT2D eigenvalue weighted by molar-refractivity contribution is -0.782. The lowest BCUT2D eigenvalue weighted by Crippen LogP contribution is -3.05.